The van der Waals surface area contributed by atoms with E-state index in [0.717, 1.165) is 22.9 Å². The van der Waals surface area contributed by atoms with Crippen molar-refractivity contribution in [2.24, 2.45) is 5.92 Å². The second kappa shape index (κ2) is 7.98. The van der Waals surface area contributed by atoms with Gasteiger partial charge in [-0.25, -0.2) is 0 Å². The molecule has 0 fully saturated rings. The molecule has 0 aliphatic carbocycles. The summed E-state index contributed by atoms with van der Waals surface area (Å²) in [5.41, 5.74) is 4.51. The molecule has 1 aromatic carbocycles. The van der Waals surface area contributed by atoms with Crippen LogP contribution in [0.4, 0.5) is 0 Å². The minimum atomic E-state index is 0.143. The van der Waals surface area contributed by atoms with E-state index in [2.05, 4.69) is 49.4 Å². The van der Waals surface area contributed by atoms with Gasteiger partial charge in [0.15, 0.2) is 0 Å². The third-order valence-corrected chi connectivity index (χ3v) is 4.70. The first-order valence-corrected chi connectivity index (χ1v) is 8.84. The SMILES string of the molecule is C=C(C1=CCOC1CC/C(C)=C/c1cc(Br)ccc1O)C(C)C. The Morgan fingerprint density at radius 2 is 2.22 bits per heavy atom. The molecule has 2 rings (SSSR count). The van der Waals surface area contributed by atoms with Gasteiger partial charge in [-0.1, -0.05) is 54.1 Å². The maximum Gasteiger partial charge on any atom is 0.122 e. The summed E-state index contributed by atoms with van der Waals surface area (Å²) in [5.74, 6) is 0.749. The van der Waals surface area contributed by atoms with Gasteiger partial charge >= 0.3 is 0 Å². The minimum Gasteiger partial charge on any atom is -0.507 e. The Kier molecular flexibility index (Phi) is 6.25. The number of hydrogen-bond donors (Lipinski definition) is 1. The van der Waals surface area contributed by atoms with Gasteiger partial charge < -0.3 is 9.84 Å². The molecule has 1 aromatic rings. The van der Waals surface area contributed by atoms with Gasteiger partial charge in [-0.05, 0) is 55.0 Å². The summed E-state index contributed by atoms with van der Waals surface area (Å²) in [7, 11) is 0. The van der Waals surface area contributed by atoms with Crippen molar-refractivity contribution < 1.29 is 9.84 Å². The van der Waals surface area contributed by atoms with E-state index < -0.39 is 0 Å². The molecule has 3 heteroatoms. The molecule has 124 valence electrons. The highest BCUT2D eigenvalue weighted by molar-refractivity contribution is 9.10. The van der Waals surface area contributed by atoms with E-state index in [0.29, 0.717) is 18.3 Å². The van der Waals surface area contributed by atoms with Gasteiger partial charge in [0.25, 0.3) is 0 Å². The monoisotopic (exact) mass is 376 g/mol. The fourth-order valence-electron chi connectivity index (χ4n) is 2.72. The van der Waals surface area contributed by atoms with Crippen molar-refractivity contribution in [3.05, 3.63) is 57.6 Å². The lowest BCUT2D eigenvalue weighted by Crippen LogP contribution is -2.13. The third kappa shape index (κ3) is 4.82. The van der Waals surface area contributed by atoms with Crippen LogP contribution in [0, 0.1) is 5.92 Å². The predicted octanol–water partition coefficient (Wildman–Crippen LogP) is 5.88. The number of rotatable bonds is 6. The van der Waals surface area contributed by atoms with Crippen molar-refractivity contribution in [1.29, 1.82) is 0 Å². The molecular weight excluding hydrogens is 352 g/mol. The topological polar surface area (TPSA) is 29.5 Å². The Bertz CT molecular complexity index is 641. The summed E-state index contributed by atoms with van der Waals surface area (Å²) < 4.78 is 6.81. The van der Waals surface area contributed by atoms with Crippen molar-refractivity contribution in [2.45, 2.75) is 39.7 Å². The molecule has 0 saturated carbocycles. The number of ether oxygens (including phenoxy) is 1. The summed E-state index contributed by atoms with van der Waals surface area (Å²) in [6.45, 7) is 11.3. The van der Waals surface area contributed by atoms with Crippen molar-refractivity contribution >= 4 is 22.0 Å². The molecule has 0 saturated heterocycles. The maximum absolute atomic E-state index is 9.93. The molecule has 1 aliphatic heterocycles. The molecule has 2 nitrogen and oxygen atoms in total. The highest BCUT2D eigenvalue weighted by atomic mass is 79.9. The zero-order chi connectivity index (χ0) is 17.0. The van der Waals surface area contributed by atoms with Crippen LogP contribution in [0.5, 0.6) is 5.75 Å². The number of hydrogen-bond acceptors (Lipinski definition) is 2. The number of phenolic OH excluding ortho intramolecular Hbond substituents is 1. The lowest BCUT2D eigenvalue weighted by molar-refractivity contribution is 0.116. The van der Waals surface area contributed by atoms with Crippen LogP contribution in [0.15, 0.2) is 52.0 Å². The third-order valence-electron chi connectivity index (χ3n) is 4.21. The average molecular weight is 377 g/mol. The van der Waals surface area contributed by atoms with E-state index in [1.165, 1.54) is 16.7 Å². The first-order chi connectivity index (χ1) is 10.9. The number of allylic oxidation sites excluding steroid dienone is 1. The van der Waals surface area contributed by atoms with Gasteiger partial charge in [-0.2, -0.15) is 0 Å². The van der Waals surface area contributed by atoms with Crippen LogP contribution in [-0.4, -0.2) is 17.8 Å². The molecule has 0 radical (unpaired) electrons. The average Bonchev–Trinajstić information content (AvgIpc) is 2.96. The largest absolute Gasteiger partial charge is 0.507 e. The number of benzene rings is 1. The molecule has 0 bridgehead atoms. The van der Waals surface area contributed by atoms with Crippen LogP contribution in [0.1, 0.15) is 39.2 Å². The van der Waals surface area contributed by atoms with Crippen molar-refractivity contribution in [3.8, 4) is 5.75 Å². The van der Waals surface area contributed by atoms with E-state index in [-0.39, 0.29) is 6.10 Å². The quantitative estimate of drug-likeness (QED) is 0.671. The Labute approximate surface area is 147 Å². The van der Waals surface area contributed by atoms with E-state index in [9.17, 15) is 5.11 Å². The standard InChI is InChI=1S/C20H25BrO2/c1-13(2)15(4)18-9-10-23-20(18)8-5-14(3)11-16-12-17(21)6-7-19(16)22/h6-7,9,11-13,20,22H,4-5,8,10H2,1-3H3/b14-11+. The maximum atomic E-state index is 9.93. The smallest absolute Gasteiger partial charge is 0.122 e. The van der Waals surface area contributed by atoms with Crippen LogP contribution in [0.3, 0.4) is 0 Å². The van der Waals surface area contributed by atoms with Crippen molar-refractivity contribution in [1.82, 2.24) is 0 Å². The van der Waals surface area contributed by atoms with E-state index in [4.69, 9.17) is 4.74 Å². The summed E-state index contributed by atoms with van der Waals surface area (Å²) in [4.78, 5) is 0. The molecule has 1 aliphatic rings. The second-order valence-electron chi connectivity index (χ2n) is 6.39. The van der Waals surface area contributed by atoms with E-state index >= 15 is 0 Å². The van der Waals surface area contributed by atoms with Gasteiger partial charge in [0, 0.05) is 10.0 Å². The molecule has 0 spiro atoms. The molecule has 1 N–H and O–H groups in total. The summed E-state index contributed by atoms with van der Waals surface area (Å²) in [6, 6.07) is 5.47. The molecule has 23 heavy (non-hydrogen) atoms. The van der Waals surface area contributed by atoms with E-state index in [1.807, 2.05) is 18.2 Å². The zero-order valence-corrected chi connectivity index (χ0v) is 15.7. The van der Waals surface area contributed by atoms with Crippen LogP contribution in [0.2, 0.25) is 0 Å². The molecule has 0 aromatic heterocycles. The van der Waals surface area contributed by atoms with E-state index in [1.54, 1.807) is 6.07 Å². The van der Waals surface area contributed by atoms with Gasteiger partial charge in [0.2, 0.25) is 0 Å². The Morgan fingerprint density at radius 3 is 2.91 bits per heavy atom. The Hall–Kier alpha value is -1.32. The molecule has 1 atom stereocenters. The lowest BCUT2D eigenvalue weighted by Gasteiger charge is -2.19. The van der Waals surface area contributed by atoms with Gasteiger partial charge in [0.05, 0.1) is 12.7 Å². The first kappa shape index (κ1) is 18.0. The summed E-state index contributed by atoms with van der Waals surface area (Å²) >= 11 is 3.44. The van der Waals surface area contributed by atoms with Crippen LogP contribution < -0.4 is 0 Å². The fraction of sp³-hybridized carbons (Fsp3) is 0.400. The fourth-order valence-corrected chi connectivity index (χ4v) is 3.10. The normalized spacial score (nSPS) is 18.4. The zero-order valence-electron chi connectivity index (χ0n) is 14.1. The summed E-state index contributed by atoms with van der Waals surface area (Å²) in [5, 5.41) is 9.93. The number of halogens is 1. The number of phenols is 1. The second-order valence-corrected chi connectivity index (χ2v) is 7.31. The highest BCUT2D eigenvalue weighted by Gasteiger charge is 2.23. The lowest BCUT2D eigenvalue weighted by atomic mass is 9.91. The predicted molar refractivity (Wildman–Crippen MR) is 100 cm³/mol. The van der Waals surface area contributed by atoms with Gasteiger partial charge in [0.1, 0.15) is 5.75 Å². The van der Waals surface area contributed by atoms with Crippen LogP contribution in [0.25, 0.3) is 6.08 Å². The molecule has 1 heterocycles. The Morgan fingerprint density at radius 1 is 1.48 bits per heavy atom. The van der Waals surface area contributed by atoms with Gasteiger partial charge in [-0.15, -0.1) is 0 Å². The summed E-state index contributed by atoms with van der Waals surface area (Å²) in [6.07, 6.45) is 6.21. The van der Waals surface area contributed by atoms with Crippen molar-refractivity contribution in [2.75, 3.05) is 6.61 Å². The molecular formula is C20H25BrO2. The molecule has 1 unspecified atom stereocenters. The highest BCUT2D eigenvalue weighted by Crippen LogP contribution is 2.30. The Balaban J connectivity index is 2.00. The van der Waals surface area contributed by atoms with Crippen LogP contribution in [-0.2, 0) is 4.74 Å². The number of aromatic hydroxyl groups is 1. The first-order valence-electron chi connectivity index (χ1n) is 8.05. The van der Waals surface area contributed by atoms with Gasteiger partial charge in [-0.3, -0.25) is 0 Å². The minimum absolute atomic E-state index is 0.143. The van der Waals surface area contributed by atoms with Crippen LogP contribution >= 0.6 is 15.9 Å². The van der Waals surface area contributed by atoms with Crippen molar-refractivity contribution in [3.63, 3.8) is 0 Å². The molecule has 0 amide bonds.